The van der Waals surface area contributed by atoms with Gasteiger partial charge in [-0.15, -0.1) is 0 Å². The van der Waals surface area contributed by atoms with Gasteiger partial charge in [-0.2, -0.15) is 0 Å². The second-order valence-corrected chi connectivity index (χ2v) is 4.19. The quantitative estimate of drug-likeness (QED) is 0.637. The van der Waals surface area contributed by atoms with E-state index in [4.69, 9.17) is 0 Å². The van der Waals surface area contributed by atoms with E-state index >= 15 is 0 Å². The first kappa shape index (κ1) is 10.3. The summed E-state index contributed by atoms with van der Waals surface area (Å²) in [5, 5.41) is 20.1. The Bertz CT molecular complexity index is 356. The number of rotatable bonds is 1. The Balaban J connectivity index is 1.88. The molecule has 1 heterocycles. The van der Waals surface area contributed by atoms with Gasteiger partial charge in [0.2, 0.25) is 0 Å². The average molecular weight is 205 g/mol. The van der Waals surface area contributed by atoms with Crippen molar-refractivity contribution < 1.29 is 10.3 Å². The van der Waals surface area contributed by atoms with Crippen LogP contribution in [0.15, 0.2) is 23.9 Å². The van der Waals surface area contributed by atoms with E-state index in [-0.39, 0.29) is 0 Å². The number of hydrogen-bond donors (Lipinski definition) is 2. The fourth-order valence-corrected chi connectivity index (χ4v) is 1.70. The lowest BCUT2D eigenvalue weighted by atomic mass is 9.78. The summed E-state index contributed by atoms with van der Waals surface area (Å²) in [4.78, 5) is 0. The van der Waals surface area contributed by atoms with Crippen LogP contribution in [0.25, 0.3) is 0 Å². The molecule has 0 spiro atoms. The zero-order valence-corrected chi connectivity index (χ0v) is 8.61. The second kappa shape index (κ2) is 4.09. The summed E-state index contributed by atoms with van der Waals surface area (Å²) in [5.41, 5.74) is 0.347. The Morgan fingerprint density at radius 3 is 2.87 bits per heavy atom. The Morgan fingerprint density at radius 1 is 1.47 bits per heavy atom. The maximum atomic E-state index is 9.80. The van der Waals surface area contributed by atoms with Gasteiger partial charge in [0.15, 0.2) is 0 Å². The summed E-state index contributed by atoms with van der Waals surface area (Å²) < 4.78 is 0. The van der Waals surface area contributed by atoms with Crippen LogP contribution in [0.5, 0.6) is 0 Å². The van der Waals surface area contributed by atoms with Crippen molar-refractivity contribution in [2.75, 3.05) is 6.54 Å². The molecule has 0 bridgehead atoms. The van der Waals surface area contributed by atoms with E-state index in [0.29, 0.717) is 13.0 Å². The van der Waals surface area contributed by atoms with Crippen molar-refractivity contribution in [3.05, 3.63) is 23.9 Å². The summed E-state index contributed by atoms with van der Waals surface area (Å²) in [5.74, 6) is 5.95. The lowest BCUT2D eigenvalue weighted by Gasteiger charge is -2.34. The molecule has 0 amide bonds. The zero-order chi connectivity index (χ0) is 10.7. The molecule has 15 heavy (non-hydrogen) atoms. The smallest absolute Gasteiger partial charge is 0.0775 e. The van der Waals surface area contributed by atoms with E-state index < -0.39 is 5.60 Å². The summed E-state index contributed by atoms with van der Waals surface area (Å²) in [7, 11) is 0. The molecule has 0 atom stereocenters. The number of hydroxylamine groups is 2. The summed E-state index contributed by atoms with van der Waals surface area (Å²) in [6.45, 7) is 0.432. The van der Waals surface area contributed by atoms with Crippen molar-refractivity contribution in [2.24, 2.45) is 0 Å². The predicted octanol–water partition coefficient (Wildman–Crippen LogP) is 1.44. The molecule has 1 aliphatic heterocycles. The molecule has 0 saturated heterocycles. The van der Waals surface area contributed by atoms with Crippen LogP contribution in [0, 0.1) is 11.8 Å². The van der Waals surface area contributed by atoms with Crippen molar-refractivity contribution in [2.45, 2.75) is 31.3 Å². The first-order chi connectivity index (χ1) is 7.18. The largest absolute Gasteiger partial charge is 0.389 e. The minimum absolute atomic E-state index is 0.432. The fourth-order valence-electron chi connectivity index (χ4n) is 1.70. The Labute approximate surface area is 89.7 Å². The van der Waals surface area contributed by atoms with Crippen LogP contribution < -0.4 is 0 Å². The molecule has 1 saturated carbocycles. The van der Waals surface area contributed by atoms with Crippen LogP contribution in [0.2, 0.25) is 0 Å². The molecule has 2 rings (SSSR count). The van der Waals surface area contributed by atoms with Crippen LogP contribution in [0.3, 0.4) is 0 Å². The zero-order valence-electron chi connectivity index (χ0n) is 8.61. The van der Waals surface area contributed by atoms with Crippen molar-refractivity contribution in [3.63, 3.8) is 0 Å². The molecule has 0 aromatic heterocycles. The Morgan fingerprint density at radius 2 is 2.27 bits per heavy atom. The lowest BCUT2D eigenvalue weighted by molar-refractivity contribution is -0.0318. The maximum Gasteiger partial charge on any atom is 0.0775 e. The lowest BCUT2D eigenvalue weighted by Crippen LogP contribution is -2.35. The number of nitrogens with zero attached hydrogens (tertiary/aromatic N) is 1. The van der Waals surface area contributed by atoms with Gasteiger partial charge in [-0.1, -0.05) is 11.8 Å². The SMILES string of the molecule is ON1C=CC=C(C#CCC2(O)CCC2)C1. The first-order valence-electron chi connectivity index (χ1n) is 5.22. The third-order valence-corrected chi connectivity index (χ3v) is 2.84. The first-order valence-corrected chi connectivity index (χ1v) is 5.22. The van der Waals surface area contributed by atoms with Gasteiger partial charge in [0.1, 0.15) is 0 Å². The van der Waals surface area contributed by atoms with Gasteiger partial charge in [0.25, 0.3) is 0 Å². The Kier molecular flexibility index (Phi) is 2.81. The number of aliphatic hydroxyl groups is 1. The van der Waals surface area contributed by atoms with E-state index in [1.165, 1.54) is 0 Å². The molecule has 0 aromatic carbocycles. The predicted molar refractivity (Wildman–Crippen MR) is 56.9 cm³/mol. The molecule has 1 aliphatic carbocycles. The van der Waals surface area contributed by atoms with Crippen LogP contribution in [-0.4, -0.2) is 27.5 Å². The van der Waals surface area contributed by atoms with Crippen LogP contribution in [0.4, 0.5) is 0 Å². The topological polar surface area (TPSA) is 43.7 Å². The molecule has 0 radical (unpaired) electrons. The standard InChI is InChI=1S/C12H15NO2/c14-12(7-3-8-12)6-1-4-11-5-2-9-13(15)10-11/h2,5,9,14-15H,3,6-8,10H2. The van der Waals surface area contributed by atoms with Gasteiger partial charge < -0.3 is 5.11 Å². The monoisotopic (exact) mass is 205 g/mol. The van der Waals surface area contributed by atoms with E-state index in [0.717, 1.165) is 29.9 Å². The molecule has 80 valence electrons. The molecule has 3 nitrogen and oxygen atoms in total. The summed E-state index contributed by atoms with van der Waals surface area (Å²) in [6.07, 6.45) is 8.60. The van der Waals surface area contributed by atoms with Gasteiger partial charge in [-0.25, -0.2) is 0 Å². The van der Waals surface area contributed by atoms with E-state index in [1.54, 1.807) is 12.3 Å². The van der Waals surface area contributed by atoms with Crippen LogP contribution in [0.1, 0.15) is 25.7 Å². The minimum atomic E-state index is -0.531. The molecule has 0 unspecified atom stereocenters. The highest BCUT2D eigenvalue weighted by Crippen LogP contribution is 2.34. The molecular weight excluding hydrogens is 190 g/mol. The van der Waals surface area contributed by atoms with Gasteiger partial charge in [0, 0.05) is 18.2 Å². The van der Waals surface area contributed by atoms with E-state index in [1.807, 2.05) is 6.08 Å². The fraction of sp³-hybridized carbons (Fsp3) is 0.500. The van der Waals surface area contributed by atoms with Gasteiger partial charge in [-0.05, 0) is 31.4 Å². The Hall–Kier alpha value is -1.24. The normalized spacial score (nSPS) is 22.5. The molecular formula is C12H15NO2. The van der Waals surface area contributed by atoms with Gasteiger partial charge >= 0.3 is 0 Å². The molecule has 3 heteroatoms. The summed E-state index contributed by atoms with van der Waals surface area (Å²) >= 11 is 0. The van der Waals surface area contributed by atoms with Crippen LogP contribution in [-0.2, 0) is 0 Å². The summed E-state index contributed by atoms with van der Waals surface area (Å²) in [6, 6.07) is 0. The van der Waals surface area contributed by atoms with Crippen molar-refractivity contribution in [1.82, 2.24) is 5.06 Å². The van der Waals surface area contributed by atoms with E-state index in [9.17, 15) is 10.3 Å². The maximum absolute atomic E-state index is 9.80. The van der Waals surface area contributed by atoms with Gasteiger partial charge in [0.05, 0.1) is 12.1 Å². The van der Waals surface area contributed by atoms with Crippen molar-refractivity contribution >= 4 is 0 Å². The van der Waals surface area contributed by atoms with Crippen LogP contribution >= 0.6 is 0 Å². The number of hydrogen-bond acceptors (Lipinski definition) is 3. The second-order valence-electron chi connectivity index (χ2n) is 4.19. The molecule has 1 fully saturated rings. The van der Waals surface area contributed by atoms with Gasteiger partial charge in [-0.3, -0.25) is 10.3 Å². The molecule has 2 N–H and O–H groups in total. The molecule has 2 aliphatic rings. The van der Waals surface area contributed by atoms with Crippen molar-refractivity contribution in [1.29, 1.82) is 0 Å². The third-order valence-electron chi connectivity index (χ3n) is 2.84. The highest BCUT2D eigenvalue weighted by atomic mass is 16.5. The highest BCUT2D eigenvalue weighted by molar-refractivity contribution is 5.35. The minimum Gasteiger partial charge on any atom is -0.389 e. The van der Waals surface area contributed by atoms with E-state index in [2.05, 4.69) is 11.8 Å². The average Bonchev–Trinajstić information content (AvgIpc) is 2.15. The highest BCUT2D eigenvalue weighted by Gasteiger charge is 2.33. The molecule has 0 aromatic rings. The third kappa shape index (κ3) is 2.62. The number of allylic oxidation sites excluding steroid dienone is 2. The van der Waals surface area contributed by atoms with Crippen molar-refractivity contribution in [3.8, 4) is 11.8 Å².